The highest BCUT2D eigenvalue weighted by atomic mass is 19.4. The Labute approximate surface area is 192 Å². The lowest BCUT2D eigenvalue weighted by atomic mass is 10.1. The molecule has 3 amide bonds. The molecule has 2 aromatic rings. The fourth-order valence-electron chi connectivity index (χ4n) is 3.26. The molecule has 182 valence electrons. The Balaban J connectivity index is 1.72. The molecular weight excluding hydrogens is 460 g/mol. The fourth-order valence-corrected chi connectivity index (χ4v) is 3.26. The van der Waals surface area contributed by atoms with E-state index in [1.165, 1.54) is 26.0 Å². The van der Waals surface area contributed by atoms with Gasteiger partial charge in [-0.05, 0) is 62.7 Å². The van der Waals surface area contributed by atoms with Crippen molar-refractivity contribution in [2.24, 2.45) is 0 Å². The number of alkyl halides is 3. The molecule has 1 heterocycles. The van der Waals surface area contributed by atoms with E-state index >= 15 is 0 Å². The van der Waals surface area contributed by atoms with Gasteiger partial charge >= 0.3 is 18.2 Å². The van der Waals surface area contributed by atoms with Crippen LogP contribution in [0.4, 0.5) is 28.0 Å². The second-order valence-corrected chi connectivity index (χ2v) is 7.99. The minimum absolute atomic E-state index is 0.130. The molecule has 1 aliphatic rings. The minimum atomic E-state index is -4.53. The van der Waals surface area contributed by atoms with E-state index in [1.54, 1.807) is 6.92 Å². The minimum Gasteiger partial charge on any atom is -0.473 e. The van der Waals surface area contributed by atoms with E-state index in [-0.39, 0.29) is 36.7 Å². The van der Waals surface area contributed by atoms with Crippen molar-refractivity contribution in [2.45, 2.75) is 39.1 Å². The van der Waals surface area contributed by atoms with Gasteiger partial charge in [-0.2, -0.15) is 13.2 Å². The van der Waals surface area contributed by atoms with Crippen LogP contribution in [0.1, 0.15) is 31.9 Å². The molecule has 0 saturated carbocycles. The molecule has 1 fully saturated rings. The number of carbonyl (C=O) groups is 3. The van der Waals surface area contributed by atoms with Crippen LogP contribution in [0.25, 0.3) is 0 Å². The first kappa shape index (κ1) is 25.0. The highest BCUT2D eigenvalue weighted by Gasteiger charge is 2.38. The lowest BCUT2D eigenvalue weighted by molar-refractivity contribution is -0.158. The van der Waals surface area contributed by atoms with Crippen molar-refractivity contribution in [1.29, 1.82) is 0 Å². The van der Waals surface area contributed by atoms with Gasteiger partial charge in [-0.1, -0.05) is 6.07 Å². The van der Waals surface area contributed by atoms with Gasteiger partial charge in [-0.25, -0.2) is 14.0 Å². The Kier molecular flexibility index (Phi) is 6.85. The number of nitrogens with zero attached hydrogens (tertiary/aromatic N) is 2. The molecule has 0 bridgehead atoms. The SMILES string of the molecule is CCOC(=O)C(C)(C)Oc1ccc(CN2C(=O)CN(c3ccc(C(F)(F)F)cc3)C2=O)cc1F. The fraction of sp³-hybridized carbons (Fsp3) is 0.348. The summed E-state index contributed by atoms with van der Waals surface area (Å²) in [6, 6.07) is 6.88. The van der Waals surface area contributed by atoms with E-state index < -0.39 is 41.1 Å². The standard InChI is InChI=1S/C23H22F4N2O5/c1-4-33-20(31)22(2,3)34-18-10-5-14(11-17(18)24)12-29-19(30)13-28(21(29)32)16-8-6-15(7-9-16)23(25,26)27/h5-11H,4,12-13H2,1-3H3. The van der Waals surface area contributed by atoms with E-state index in [0.717, 1.165) is 40.1 Å². The lowest BCUT2D eigenvalue weighted by Gasteiger charge is -2.24. The van der Waals surface area contributed by atoms with E-state index in [1.807, 2.05) is 0 Å². The Bertz CT molecular complexity index is 1100. The number of hydrogen-bond acceptors (Lipinski definition) is 5. The van der Waals surface area contributed by atoms with Gasteiger partial charge in [0.15, 0.2) is 17.2 Å². The van der Waals surface area contributed by atoms with Gasteiger partial charge in [0, 0.05) is 5.69 Å². The van der Waals surface area contributed by atoms with Crippen molar-refractivity contribution in [3.05, 3.63) is 59.4 Å². The van der Waals surface area contributed by atoms with Crippen LogP contribution in [0, 0.1) is 5.82 Å². The summed E-state index contributed by atoms with van der Waals surface area (Å²) in [6.45, 7) is 4.00. The highest BCUT2D eigenvalue weighted by molar-refractivity contribution is 6.12. The third kappa shape index (κ3) is 5.29. The van der Waals surface area contributed by atoms with E-state index in [4.69, 9.17) is 9.47 Å². The van der Waals surface area contributed by atoms with Gasteiger partial charge < -0.3 is 9.47 Å². The van der Waals surface area contributed by atoms with Crippen LogP contribution in [0.5, 0.6) is 5.75 Å². The Morgan fingerprint density at radius 1 is 1.06 bits per heavy atom. The number of benzene rings is 2. The lowest BCUT2D eigenvalue weighted by Crippen LogP contribution is -2.40. The molecule has 7 nitrogen and oxygen atoms in total. The zero-order chi connectivity index (χ0) is 25.3. The molecule has 0 spiro atoms. The van der Waals surface area contributed by atoms with Crippen molar-refractivity contribution in [1.82, 2.24) is 4.90 Å². The van der Waals surface area contributed by atoms with Gasteiger partial charge in [0.2, 0.25) is 0 Å². The molecule has 11 heteroatoms. The number of carbonyl (C=O) groups excluding carboxylic acids is 3. The van der Waals surface area contributed by atoms with Crippen molar-refractivity contribution in [3.63, 3.8) is 0 Å². The monoisotopic (exact) mass is 482 g/mol. The van der Waals surface area contributed by atoms with Gasteiger partial charge in [0.05, 0.1) is 18.7 Å². The van der Waals surface area contributed by atoms with Gasteiger partial charge in [0.25, 0.3) is 5.91 Å². The smallest absolute Gasteiger partial charge is 0.416 e. The molecule has 0 radical (unpaired) electrons. The van der Waals surface area contributed by atoms with Crippen molar-refractivity contribution in [2.75, 3.05) is 18.1 Å². The number of amides is 3. The third-order valence-electron chi connectivity index (χ3n) is 5.03. The second kappa shape index (κ2) is 9.32. The number of esters is 1. The largest absolute Gasteiger partial charge is 0.473 e. The average Bonchev–Trinajstić information content (AvgIpc) is 3.03. The predicted octanol–water partition coefficient (Wildman–Crippen LogP) is 4.53. The van der Waals surface area contributed by atoms with E-state index in [9.17, 15) is 31.9 Å². The van der Waals surface area contributed by atoms with Gasteiger partial charge in [0.1, 0.15) is 6.54 Å². The van der Waals surface area contributed by atoms with Crippen molar-refractivity contribution in [3.8, 4) is 5.75 Å². The van der Waals surface area contributed by atoms with Crippen LogP contribution in [-0.2, 0) is 27.0 Å². The van der Waals surface area contributed by atoms with Crippen LogP contribution in [0.2, 0.25) is 0 Å². The first-order chi connectivity index (χ1) is 15.8. The summed E-state index contributed by atoms with van der Waals surface area (Å²) in [4.78, 5) is 39.0. The Morgan fingerprint density at radius 3 is 2.26 bits per heavy atom. The number of imide groups is 1. The summed E-state index contributed by atoms with van der Waals surface area (Å²) in [6.07, 6.45) is -4.53. The topological polar surface area (TPSA) is 76.2 Å². The summed E-state index contributed by atoms with van der Waals surface area (Å²) in [5.41, 5.74) is -1.92. The van der Waals surface area contributed by atoms with E-state index in [0.29, 0.717) is 0 Å². The molecule has 0 aliphatic carbocycles. The maximum Gasteiger partial charge on any atom is 0.416 e. The average molecular weight is 482 g/mol. The molecule has 34 heavy (non-hydrogen) atoms. The molecule has 2 aromatic carbocycles. The summed E-state index contributed by atoms with van der Waals surface area (Å²) in [5, 5.41) is 0. The molecule has 0 unspecified atom stereocenters. The van der Waals surface area contributed by atoms with Crippen LogP contribution >= 0.6 is 0 Å². The van der Waals surface area contributed by atoms with Crippen molar-refractivity contribution >= 4 is 23.6 Å². The van der Waals surface area contributed by atoms with Crippen LogP contribution in [0.15, 0.2) is 42.5 Å². The summed E-state index contributed by atoms with van der Waals surface area (Å²) >= 11 is 0. The predicted molar refractivity (Wildman–Crippen MR) is 112 cm³/mol. The summed E-state index contributed by atoms with van der Waals surface area (Å²) in [5.74, 6) is -2.29. The van der Waals surface area contributed by atoms with Crippen LogP contribution in [-0.4, -0.2) is 41.6 Å². The quantitative estimate of drug-likeness (QED) is 0.329. The Hall–Kier alpha value is -3.63. The summed E-state index contributed by atoms with van der Waals surface area (Å²) < 4.78 is 63.2. The molecule has 1 saturated heterocycles. The number of ether oxygens (including phenoxy) is 2. The normalized spacial score (nSPS) is 14.6. The van der Waals surface area contributed by atoms with Gasteiger partial charge in [-0.3, -0.25) is 14.6 Å². The van der Waals surface area contributed by atoms with Crippen LogP contribution in [0.3, 0.4) is 0 Å². The molecule has 0 aromatic heterocycles. The maximum absolute atomic E-state index is 14.6. The highest BCUT2D eigenvalue weighted by Crippen LogP contribution is 2.32. The number of hydrogen-bond donors (Lipinski definition) is 0. The zero-order valence-electron chi connectivity index (χ0n) is 18.6. The first-order valence-electron chi connectivity index (χ1n) is 10.3. The van der Waals surface area contributed by atoms with Crippen LogP contribution < -0.4 is 9.64 Å². The molecule has 3 rings (SSSR count). The molecule has 1 aliphatic heterocycles. The number of rotatable bonds is 7. The maximum atomic E-state index is 14.6. The van der Waals surface area contributed by atoms with Crippen molar-refractivity contribution < 1.29 is 41.4 Å². The zero-order valence-corrected chi connectivity index (χ0v) is 18.6. The number of urea groups is 1. The number of halogens is 4. The van der Waals surface area contributed by atoms with Gasteiger partial charge in [-0.15, -0.1) is 0 Å². The molecular formula is C23H22F4N2O5. The second-order valence-electron chi connectivity index (χ2n) is 7.99. The van der Waals surface area contributed by atoms with E-state index in [2.05, 4.69) is 0 Å². The molecule has 0 N–H and O–H groups in total. The third-order valence-corrected chi connectivity index (χ3v) is 5.03. The number of anilines is 1. The Morgan fingerprint density at radius 2 is 1.71 bits per heavy atom. The molecule has 0 atom stereocenters. The summed E-state index contributed by atoms with van der Waals surface area (Å²) in [7, 11) is 0. The first-order valence-corrected chi connectivity index (χ1v) is 10.3.